The Morgan fingerprint density at radius 1 is 1.25 bits per heavy atom. The molecule has 1 aromatic carbocycles. The van der Waals surface area contributed by atoms with E-state index in [1.54, 1.807) is 12.1 Å². The molecule has 0 aliphatic rings. The molecule has 5 heteroatoms. The van der Waals surface area contributed by atoms with E-state index in [2.05, 4.69) is 25.9 Å². The van der Waals surface area contributed by atoms with Gasteiger partial charge in [-0.3, -0.25) is 0 Å². The number of nitrogens with zero attached hydrogens (tertiary/aromatic N) is 2. The lowest BCUT2D eigenvalue weighted by Crippen LogP contribution is -1.97. The van der Waals surface area contributed by atoms with Gasteiger partial charge in [0.25, 0.3) is 0 Å². The molecule has 16 heavy (non-hydrogen) atoms. The second kappa shape index (κ2) is 4.39. The SMILES string of the molecule is Cc1cc(N)nc(-c2cc(Br)ccc2Cl)n1. The van der Waals surface area contributed by atoms with E-state index in [0.29, 0.717) is 16.7 Å². The molecule has 0 unspecified atom stereocenters. The Bertz CT molecular complexity index is 522. The van der Waals surface area contributed by atoms with Crippen LogP contribution in [0.15, 0.2) is 28.7 Å². The van der Waals surface area contributed by atoms with Gasteiger partial charge in [0.05, 0.1) is 5.02 Å². The normalized spacial score (nSPS) is 10.4. The molecule has 0 radical (unpaired) electrons. The van der Waals surface area contributed by atoms with E-state index in [4.69, 9.17) is 17.3 Å². The molecular formula is C11H9BrClN3. The molecule has 0 atom stereocenters. The second-order valence-corrected chi connectivity index (χ2v) is 4.70. The summed E-state index contributed by atoms with van der Waals surface area (Å²) in [6, 6.07) is 7.25. The minimum atomic E-state index is 0.443. The molecule has 0 spiro atoms. The summed E-state index contributed by atoms with van der Waals surface area (Å²) in [5, 5.41) is 0.605. The fourth-order valence-corrected chi connectivity index (χ4v) is 1.95. The maximum absolute atomic E-state index is 6.09. The Hall–Kier alpha value is -1.13. The Kier molecular flexibility index (Phi) is 3.12. The predicted molar refractivity (Wildman–Crippen MR) is 69.3 cm³/mol. The first-order valence-electron chi connectivity index (χ1n) is 4.63. The van der Waals surface area contributed by atoms with Crippen LogP contribution in [-0.4, -0.2) is 9.97 Å². The second-order valence-electron chi connectivity index (χ2n) is 3.38. The summed E-state index contributed by atoms with van der Waals surface area (Å²) in [5.41, 5.74) is 7.27. The molecular weight excluding hydrogens is 289 g/mol. The van der Waals surface area contributed by atoms with Gasteiger partial charge in [-0.2, -0.15) is 0 Å². The summed E-state index contributed by atoms with van der Waals surface area (Å²) >= 11 is 9.48. The van der Waals surface area contributed by atoms with Gasteiger partial charge in [-0.05, 0) is 25.1 Å². The third-order valence-corrected chi connectivity index (χ3v) is 2.87. The third-order valence-electron chi connectivity index (χ3n) is 2.04. The van der Waals surface area contributed by atoms with Crippen molar-refractivity contribution in [2.24, 2.45) is 0 Å². The molecule has 2 aromatic rings. The Balaban J connectivity index is 2.62. The number of nitrogen functional groups attached to an aromatic ring is 1. The number of benzene rings is 1. The first kappa shape index (κ1) is 11.4. The lowest BCUT2D eigenvalue weighted by molar-refractivity contribution is 1.12. The Morgan fingerprint density at radius 3 is 2.69 bits per heavy atom. The minimum absolute atomic E-state index is 0.443. The van der Waals surface area contributed by atoms with Gasteiger partial charge < -0.3 is 5.73 Å². The predicted octanol–water partition coefficient (Wildman–Crippen LogP) is 3.45. The van der Waals surface area contributed by atoms with Gasteiger partial charge in [-0.15, -0.1) is 0 Å². The van der Waals surface area contributed by atoms with Crippen molar-refractivity contribution >= 4 is 33.3 Å². The molecule has 1 heterocycles. The van der Waals surface area contributed by atoms with Gasteiger partial charge in [0, 0.05) is 21.8 Å². The average Bonchev–Trinajstić information content (AvgIpc) is 2.20. The summed E-state index contributed by atoms with van der Waals surface area (Å²) in [6.45, 7) is 1.87. The van der Waals surface area contributed by atoms with Gasteiger partial charge >= 0.3 is 0 Å². The summed E-state index contributed by atoms with van der Waals surface area (Å²) in [7, 11) is 0. The van der Waals surface area contributed by atoms with Crippen molar-refractivity contribution in [2.75, 3.05) is 5.73 Å². The molecule has 0 bridgehead atoms. The van der Waals surface area contributed by atoms with Crippen molar-refractivity contribution in [1.29, 1.82) is 0 Å². The van der Waals surface area contributed by atoms with E-state index in [1.807, 2.05) is 19.1 Å². The van der Waals surface area contributed by atoms with Crippen LogP contribution in [0.3, 0.4) is 0 Å². The highest BCUT2D eigenvalue weighted by atomic mass is 79.9. The largest absolute Gasteiger partial charge is 0.384 e. The van der Waals surface area contributed by atoms with Gasteiger partial charge in [0.15, 0.2) is 5.82 Å². The van der Waals surface area contributed by atoms with Gasteiger partial charge in [0.2, 0.25) is 0 Å². The fraction of sp³-hybridized carbons (Fsp3) is 0.0909. The highest BCUT2D eigenvalue weighted by molar-refractivity contribution is 9.10. The van der Waals surface area contributed by atoms with Crippen LogP contribution in [-0.2, 0) is 0 Å². The molecule has 3 nitrogen and oxygen atoms in total. The maximum Gasteiger partial charge on any atom is 0.163 e. The van der Waals surface area contributed by atoms with E-state index >= 15 is 0 Å². The number of aromatic nitrogens is 2. The fourth-order valence-electron chi connectivity index (χ4n) is 1.38. The average molecular weight is 299 g/mol. The standard InChI is InChI=1S/C11H9BrClN3/c1-6-4-10(14)16-11(15-6)8-5-7(12)2-3-9(8)13/h2-5H,1H3,(H2,14,15,16). The zero-order valence-corrected chi connectivity index (χ0v) is 10.9. The van der Waals surface area contributed by atoms with Crippen LogP contribution in [0, 0.1) is 6.92 Å². The smallest absolute Gasteiger partial charge is 0.163 e. The summed E-state index contributed by atoms with van der Waals surface area (Å²) < 4.78 is 0.926. The number of halogens is 2. The van der Waals surface area contributed by atoms with Crippen molar-refractivity contribution in [3.8, 4) is 11.4 Å². The van der Waals surface area contributed by atoms with E-state index < -0.39 is 0 Å². The summed E-state index contributed by atoms with van der Waals surface area (Å²) in [4.78, 5) is 8.48. The number of nitrogens with two attached hydrogens (primary N) is 1. The quantitative estimate of drug-likeness (QED) is 0.877. The molecule has 0 aliphatic carbocycles. The number of rotatable bonds is 1. The molecule has 0 saturated carbocycles. The maximum atomic E-state index is 6.09. The van der Waals surface area contributed by atoms with E-state index in [0.717, 1.165) is 15.7 Å². The monoisotopic (exact) mass is 297 g/mol. The number of anilines is 1. The molecule has 0 amide bonds. The molecule has 0 aliphatic heterocycles. The highest BCUT2D eigenvalue weighted by Gasteiger charge is 2.08. The lowest BCUT2D eigenvalue weighted by Gasteiger charge is -2.05. The van der Waals surface area contributed by atoms with Crippen LogP contribution in [0.5, 0.6) is 0 Å². The number of hydrogen-bond donors (Lipinski definition) is 1. The number of aryl methyl sites for hydroxylation is 1. The molecule has 2 rings (SSSR count). The van der Waals surface area contributed by atoms with Crippen LogP contribution in [0.4, 0.5) is 5.82 Å². The van der Waals surface area contributed by atoms with Crippen molar-refractivity contribution < 1.29 is 0 Å². The van der Waals surface area contributed by atoms with Gasteiger partial charge in [-0.1, -0.05) is 27.5 Å². The van der Waals surface area contributed by atoms with Crippen LogP contribution in [0.2, 0.25) is 5.02 Å². The number of hydrogen-bond acceptors (Lipinski definition) is 3. The topological polar surface area (TPSA) is 51.8 Å². The van der Waals surface area contributed by atoms with Crippen LogP contribution >= 0.6 is 27.5 Å². The highest BCUT2D eigenvalue weighted by Crippen LogP contribution is 2.28. The minimum Gasteiger partial charge on any atom is -0.384 e. The molecule has 82 valence electrons. The van der Waals surface area contributed by atoms with Crippen LogP contribution in [0.1, 0.15) is 5.69 Å². The lowest BCUT2D eigenvalue weighted by atomic mass is 10.2. The van der Waals surface area contributed by atoms with Crippen molar-refractivity contribution in [2.45, 2.75) is 6.92 Å². The van der Waals surface area contributed by atoms with E-state index in [1.165, 1.54) is 0 Å². The van der Waals surface area contributed by atoms with Crippen molar-refractivity contribution in [1.82, 2.24) is 9.97 Å². The molecule has 2 N–H and O–H groups in total. The molecule has 1 aromatic heterocycles. The van der Waals surface area contributed by atoms with Crippen molar-refractivity contribution in [3.05, 3.63) is 39.5 Å². The first-order chi connectivity index (χ1) is 7.56. The van der Waals surface area contributed by atoms with Crippen LogP contribution < -0.4 is 5.73 Å². The van der Waals surface area contributed by atoms with Gasteiger partial charge in [-0.25, -0.2) is 9.97 Å². The summed E-state index contributed by atoms with van der Waals surface area (Å²) in [6.07, 6.45) is 0. The molecule has 0 fully saturated rings. The van der Waals surface area contributed by atoms with Gasteiger partial charge in [0.1, 0.15) is 5.82 Å². The van der Waals surface area contributed by atoms with E-state index in [-0.39, 0.29) is 0 Å². The van der Waals surface area contributed by atoms with Crippen molar-refractivity contribution in [3.63, 3.8) is 0 Å². The Labute approximate surface area is 107 Å². The summed E-state index contributed by atoms with van der Waals surface area (Å²) in [5.74, 6) is 0.988. The Morgan fingerprint density at radius 2 is 2.00 bits per heavy atom. The third kappa shape index (κ3) is 2.33. The van der Waals surface area contributed by atoms with Crippen LogP contribution in [0.25, 0.3) is 11.4 Å². The van der Waals surface area contributed by atoms with E-state index in [9.17, 15) is 0 Å². The zero-order valence-electron chi connectivity index (χ0n) is 8.54. The first-order valence-corrected chi connectivity index (χ1v) is 5.80. The molecule has 0 saturated heterocycles. The zero-order chi connectivity index (χ0) is 11.7.